The highest BCUT2D eigenvalue weighted by atomic mass is 35.5. The van der Waals surface area contributed by atoms with Crippen molar-refractivity contribution in [3.63, 3.8) is 0 Å². The molecule has 1 saturated heterocycles. The Balaban J connectivity index is 1.64. The molecule has 0 amide bonds. The van der Waals surface area contributed by atoms with E-state index in [2.05, 4.69) is 4.98 Å². The summed E-state index contributed by atoms with van der Waals surface area (Å²) < 4.78 is 28.0. The van der Waals surface area contributed by atoms with E-state index in [9.17, 15) is 13.2 Å². The number of hydrogen-bond donors (Lipinski definition) is 0. The monoisotopic (exact) mass is 414 g/mol. The summed E-state index contributed by atoms with van der Waals surface area (Å²) in [6.45, 7) is 0.557. The molecule has 3 aromatic rings. The van der Waals surface area contributed by atoms with Gasteiger partial charge in [0.2, 0.25) is 10.0 Å². The normalized spacial score (nSPS) is 18.2. The Bertz CT molecular complexity index is 1140. The van der Waals surface area contributed by atoms with Gasteiger partial charge in [-0.1, -0.05) is 41.9 Å². The van der Waals surface area contributed by atoms with Gasteiger partial charge in [-0.05, 0) is 37.1 Å². The highest BCUT2D eigenvalue weighted by Crippen LogP contribution is 2.29. The van der Waals surface area contributed by atoms with Gasteiger partial charge in [0.05, 0.1) is 5.52 Å². The number of para-hydroxylation sites is 1. The summed E-state index contributed by atoms with van der Waals surface area (Å²) in [5, 5.41) is 1.26. The lowest BCUT2D eigenvalue weighted by molar-refractivity contribution is 0.0872. The molecule has 1 atom stereocenters. The van der Waals surface area contributed by atoms with Gasteiger partial charge >= 0.3 is 0 Å². The summed E-state index contributed by atoms with van der Waals surface area (Å²) in [6.07, 6.45) is 2.88. The number of hydrogen-bond acceptors (Lipinski definition) is 4. The van der Waals surface area contributed by atoms with Crippen molar-refractivity contribution in [1.82, 2.24) is 9.29 Å². The molecule has 1 aliphatic rings. The van der Waals surface area contributed by atoms with Gasteiger partial charge in [-0.3, -0.25) is 9.78 Å². The Kier molecular flexibility index (Phi) is 5.19. The fourth-order valence-corrected chi connectivity index (χ4v) is 5.56. The first-order valence-corrected chi connectivity index (χ1v) is 10.9. The molecule has 1 unspecified atom stereocenters. The van der Waals surface area contributed by atoms with Gasteiger partial charge in [0.15, 0.2) is 5.78 Å². The first-order valence-electron chi connectivity index (χ1n) is 9.10. The maximum Gasteiger partial charge on any atom is 0.245 e. The lowest BCUT2D eigenvalue weighted by Gasteiger charge is -2.31. The molecule has 0 bridgehead atoms. The molecular weight excluding hydrogens is 396 g/mol. The number of halogens is 1. The SMILES string of the molecule is O=C(c1cccc(Cl)c1)C1CCCN(S(=O)(=O)c2cccc3cccnc23)C1. The maximum atomic E-state index is 13.3. The lowest BCUT2D eigenvalue weighted by atomic mass is 9.91. The van der Waals surface area contributed by atoms with Gasteiger partial charge in [0, 0.05) is 41.2 Å². The van der Waals surface area contributed by atoms with E-state index >= 15 is 0 Å². The van der Waals surface area contributed by atoms with Crippen LogP contribution in [0.1, 0.15) is 23.2 Å². The van der Waals surface area contributed by atoms with Crippen molar-refractivity contribution in [3.8, 4) is 0 Å². The molecule has 1 fully saturated rings. The molecule has 1 aliphatic heterocycles. The van der Waals surface area contributed by atoms with Gasteiger partial charge in [0.1, 0.15) is 4.90 Å². The minimum atomic E-state index is -3.75. The summed E-state index contributed by atoms with van der Waals surface area (Å²) >= 11 is 6.00. The van der Waals surface area contributed by atoms with Crippen LogP contribution in [0, 0.1) is 5.92 Å². The minimum Gasteiger partial charge on any atom is -0.294 e. The van der Waals surface area contributed by atoms with Crippen molar-refractivity contribution in [3.05, 3.63) is 71.4 Å². The van der Waals surface area contributed by atoms with Crippen LogP contribution in [-0.4, -0.2) is 36.6 Å². The van der Waals surface area contributed by atoms with Crippen LogP contribution in [0.5, 0.6) is 0 Å². The van der Waals surface area contributed by atoms with Crippen LogP contribution in [0.3, 0.4) is 0 Å². The van der Waals surface area contributed by atoms with Crippen molar-refractivity contribution in [2.75, 3.05) is 13.1 Å². The smallest absolute Gasteiger partial charge is 0.245 e. The number of Topliss-reactive ketones (excluding diaryl/α,β-unsaturated/α-hetero) is 1. The second-order valence-electron chi connectivity index (χ2n) is 6.91. The molecule has 0 saturated carbocycles. The molecule has 2 aromatic carbocycles. The summed E-state index contributed by atoms with van der Waals surface area (Å²) in [5.74, 6) is -0.455. The zero-order valence-corrected chi connectivity index (χ0v) is 16.7. The van der Waals surface area contributed by atoms with E-state index in [1.807, 2.05) is 12.1 Å². The average Bonchev–Trinajstić information content (AvgIpc) is 2.73. The van der Waals surface area contributed by atoms with E-state index in [1.54, 1.807) is 48.7 Å². The molecule has 0 aliphatic carbocycles. The van der Waals surface area contributed by atoms with Crippen LogP contribution in [0.4, 0.5) is 0 Å². The minimum absolute atomic E-state index is 0.0709. The van der Waals surface area contributed by atoms with E-state index in [4.69, 9.17) is 11.6 Å². The van der Waals surface area contributed by atoms with Gasteiger partial charge in [0.25, 0.3) is 0 Å². The Labute approximate surface area is 169 Å². The van der Waals surface area contributed by atoms with E-state index in [0.717, 1.165) is 5.39 Å². The van der Waals surface area contributed by atoms with Crippen LogP contribution in [0.2, 0.25) is 5.02 Å². The first-order chi connectivity index (χ1) is 13.5. The zero-order chi connectivity index (χ0) is 19.7. The number of rotatable bonds is 4. The number of aromatic nitrogens is 1. The Morgan fingerprint density at radius 1 is 1.11 bits per heavy atom. The van der Waals surface area contributed by atoms with Gasteiger partial charge in [-0.25, -0.2) is 8.42 Å². The molecule has 4 rings (SSSR count). The fourth-order valence-electron chi connectivity index (χ4n) is 3.68. The Hall–Kier alpha value is -2.28. The van der Waals surface area contributed by atoms with Gasteiger partial charge in [-0.15, -0.1) is 0 Å². The number of fused-ring (bicyclic) bond motifs is 1. The van der Waals surface area contributed by atoms with Crippen LogP contribution in [0.25, 0.3) is 10.9 Å². The molecule has 5 nitrogen and oxygen atoms in total. The Morgan fingerprint density at radius 2 is 1.89 bits per heavy atom. The van der Waals surface area contributed by atoms with Crippen molar-refractivity contribution in [2.24, 2.45) is 5.92 Å². The summed E-state index contributed by atoms with van der Waals surface area (Å²) in [6, 6.07) is 15.5. The van der Waals surface area contributed by atoms with Crippen LogP contribution in [0.15, 0.2) is 65.7 Å². The predicted octanol–water partition coefficient (Wildman–Crippen LogP) is 4.17. The van der Waals surface area contributed by atoms with Crippen molar-refractivity contribution in [1.29, 1.82) is 0 Å². The van der Waals surface area contributed by atoms with Gasteiger partial charge < -0.3 is 0 Å². The third kappa shape index (κ3) is 3.55. The van der Waals surface area contributed by atoms with E-state index in [1.165, 1.54) is 4.31 Å². The van der Waals surface area contributed by atoms with Crippen molar-refractivity contribution < 1.29 is 13.2 Å². The van der Waals surface area contributed by atoms with E-state index < -0.39 is 10.0 Å². The third-order valence-corrected chi connectivity index (χ3v) is 7.21. The molecule has 0 radical (unpaired) electrons. The maximum absolute atomic E-state index is 13.3. The number of benzene rings is 2. The van der Waals surface area contributed by atoms with E-state index in [0.29, 0.717) is 35.5 Å². The van der Waals surface area contributed by atoms with Gasteiger partial charge in [-0.2, -0.15) is 4.31 Å². The summed E-state index contributed by atoms with van der Waals surface area (Å²) in [7, 11) is -3.75. The molecule has 7 heteroatoms. The highest BCUT2D eigenvalue weighted by molar-refractivity contribution is 7.89. The molecule has 28 heavy (non-hydrogen) atoms. The summed E-state index contributed by atoms with van der Waals surface area (Å²) in [5.41, 5.74) is 0.969. The number of nitrogens with zero attached hydrogens (tertiary/aromatic N) is 2. The zero-order valence-electron chi connectivity index (χ0n) is 15.1. The Morgan fingerprint density at radius 3 is 2.71 bits per heavy atom. The third-order valence-electron chi connectivity index (χ3n) is 5.08. The molecule has 0 N–H and O–H groups in total. The molecule has 1 aromatic heterocycles. The quantitative estimate of drug-likeness (QED) is 0.601. The molecule has 144 valence electrons. The van der Waals surface area contributed by atoms with Crippen LogP contribution < -0.4 is 0 Å². The molecule has 2 heterocycles. The molecular formula is C21H19ClN2O3S. The standard InChI is InChI=1S/C21H19ClN2O3S/c22-18-9-1-6-16(13-18)21(25)17-8-4-12-24(14-17)28(26,27)19-10-2-5-15-7-3-11-23-20(15)19/h1-3,5-7,9-11,13,17H,4,8,12,14H2. The van der Waals surface area contributed by atoms with E-state index in [-0.39, 0.29) is 23.1 Å². The topological polar surface area (TPSA) is 67.3 Å². The number of piperidine rings is 1. The highest BCUT2D eigenvalue weighted by Gasteiger charge is 2.34. The largest absolute Gasteiger partial charge is 0.294 e. The summed E-state index contributed by atoms with van der Waals surface area (Å²) in [4.78, 5) is 17.3. The van der Waals surface area contributed by atoms with Crippen LogP contribution >= 0.6 is 11.6 Å². The number of sulfonamides is 1. The molecule has 0 spiro atoms. The predicted molar refractivity (Wildman–Crippen MR) is 109 cm³/mol. The fraction of sp³-hybridized carbons (Fsp3) is 0.238. The van der Waals surface area contributed by atoms with Crippen LogP contribution in [-0.2, 0) is 10.0 Å². The second kappa shape index (κ2) is 7.62. The average molecular weight is 415 g/mol. The van der Waals surface area contributed by atoms with Crippen molar-refractivity contribution >= 4 is 38.3 Å². The second-order valence-corrected chi connectivity index (χ2v) is 9.25. The number of carbonyl (C=O) groups is 1. The number of ketones is 1. The lowest BCUT2D eigenvalue weighted by Crippen LogP contribution is -2.42. The number of pyridine rings is 1. The first kappa shape index (κ1) is 19.1. The van der Waals surface area contributed by atoms with Crippen molar-refractivity contribution in [2.45, 2.75) is 17.7 Å². The number of carbonyl (C=O) groups excluding carboxylic acids is 1.